The Morgan fingerprint density at radius 1 is 0.581 bits per heavy atom. The second-order valence-electron chi connectivity index (χ2n) is 15.8. The van der Waals surface area contributed by atoms with Crippen LogP contribution in [-0.2, 0) is 29.4 Å². The topological polar surface area (TPSA) is 0 Å². The van der Waals surface area contributed by atoms with Crippen molar-refractivity contribution in [2.75, 3.05) is 0 Å². The fraction of sp³-hybridized carbons (Fsp3) is 0.756. The Hall–Kier alpha value is -0.369. The molecule has 0 aromatic heterocycles. The summed E-state index contributed by atoms with van der Waals surface area (Å²) in [6.07, 6.45) is 25.4. The quantitative estimate of drug-likeness (QED) is 0.0872. The summed E-state index contributed by atoms with van der Waals surface area (Å²) in [5, 5.41) is 9.98. The van der Waals surface area contributed by atoms with Crippen LogP contribution in [0, 0.1) is 0 Å². The summed E-state index contributed by atoms with van der Waals surface area (Å²) in [6.45, 7) is 20.0. The van der Waals surface area contributed by atoms with Gasteiger partial charge in [-0.1, -0.05) is 58.3 Å². The fourth-order valence-electron chi connectivity index (χ4n) is 8.61. The van der Waals surface area contributed by atoms with Crippen LogP contribution in [0.15, 0.2) is 38.8 Å². The molecular formula is C41H74SiTi. The molecule has 2 atom stereocenters. The molecule has 0 N–H and O–H groups in total. The van der Waals surface area contributed by atoms with Gasteiger partial charge in [-0.05, 0) is 0 Å². The first-order valence-corrected chi connectivity index (χ1v) is 27.1. The van der Waals surface area contributed by atoms with Crippen LogP contribution in [-0.4, -0.2) is 8.07 Å². The first-order valence-electron chi connectivity index (χ1n) is 18.9. The molecule has 2 rings (SSSR count). The minimum atomic E-state index is -2.10. The number of hydrogen-bond donors (Lipinski definition) is 0. The molecule has 0 spiro atoms. The van der Waals surface area contributed by atoms with Gasteiger partial charge in [0.25, 0.3) is 0 Å². The molecule has 0 saturated carbocycles. The molecule has 1 aromatic rings. The predicted molar refractivity (Wildman–Crippen MR) is 198 cm³/mol. The third-order valence-corrected chi connectivity index (χ3v) is 21.5. The van der Waals surface area contributed by atoms with Crippen LogP contribution in [0.3, 0.4) is 0 Å². The molecule has 0 fully saturated rings. The van der Waals surface area contributed by atoms with Gasteiger partial charge in [0.05, 0.1) is 0 Å². The van der Waals surface area contributed by atoms with Crippen LogP contribution in [0.2, 0.25) is 33.3 Å². The summed E-state index contributed by atoms with van der Waals surface area (Å²) in [4.78, 5) is 0. The number of benzene rings is 1. The van der Waals surface area contributed by atoms with E-state index in [4.69, 9.17) is 0 Å². The van der Waals surface area contributed by atoms with Crippen molar-refractivity contribution in [1.29, 1.82) is 0 Å². The van der Waals surface area contributed by atoms with Gasteiger partial charge < -0.3 is 0 Å². The number of aryl methyl sites for hydroxylation is 2. The van der Waals surface area contributed by atoms with Gasteiger partial charge in [0.2, 0.25) is 0 Å². The number of hydrogen-bond acceptors (Lipinski definition) is 0. The molecule has 0 radical (unpaired) electrons. The van der Waals surface area contributed by atoms with E-state index >= 15 is 0 Å². The SMILES string of the molecule is CCCCCCCCCCCCCCCCCC[Si](C)(c1cc(CC)cc(CC)c1)C1(C)C(C)=C(C)C(C)=[C]1[Ti]([CH3])([CH3])[CH3]. The van der Waals surface area contributed by atoms with E-state index in [-0.39, 0.29) is 5.04 Å². The fourth-order valence-corrected chi connectivity index (χ4v) is 21.2. The molecule has 2 heteroatoms. The second kappa shape index (κ2) is 18.7. The third kappa shape index (κ3) is 10.3. The van der Waals surface area contributed by atoms with Crippen molar-refractivity contribution in [2.45, 2.75) is 197 Å². The molecule has 1 aliphatic carbocycles. The summed E-state index contributed by atoms with van der Waals surface area (Å²) >= 11 is -2.10. The summed E-state index contributed by atoms with van der Waals surface area (Å²) in [6, 6.07) is 9.23. The van der Waals surface area contributed by atoms with E-state index in [1.165, 1.54) is 109 Å². The monoisotopic (exact) mass is 643 g/mol. The molecule has 0 saturated heterocycles. The van der Waals surface area contributed by atoms with Crippen molar-refractivity contribution in [3.05, 3.63) is 49.9 Å². The van der Waals surface area contributed by atoms with E-state index < -0.39 is 24.7 Å². The van der Waals surface area contributed by atoms with Gasteiger partial charge in [-0.15, -0.1) is 0 Å². The first-order chi connectivity index (χ1) is 20.4. The molecular weight excluding hydrogens is 568 g/mol. The van der Waals surface area contributed by atoms with Gasteiger partial charge in [-0.25, -0.2) is 0 Å². The van der Waals surface area contributed by atoms with Gasteiger partial charge in [0.15, 0.2) is 0 Å². The zero-order valence-electron chi connectivity index (χ0n) is 31.2. The maximum absolute atomic E-state index is 2.80. The van der Waals surface area contributed by atoms with Crippen molar-refractivity contribution < 1.29 is 16.6 Å². The second-order valence-corrected chi connectivity index (χ2v) is 28.3. The molecule has 246 valence electrons. The summed E-state index contributed by atoms with van der Waals surface area (Å²) in [5.41, 5.74) is 8.11. The van der Waals surface area contributed by atoms with Gasteiger partial charge in [0, 0.05) is 0 Å². The molecule has 1 aromatic carbocycles. The van der Waals surface area contributed by atoms with Crippen LogP contribution in [0.1, 0.15) is 162 Å². The number of allylic oxidation sites excluding steroid dienone is 4. The number of rotatable bonds is 22. The zero-order valence-corrected chi connectivity index (χ0v) is 33.7. The summed E-state index contributed by atoms with van der Waals surface area (Å²) in [7, 11) is -1.91. The molecule has 43 heavy (non-hydrogen) atoms. The molecule has 2 unspecified atom stereocenters. The van der Waals surface area contributed by atoms with E-state index in [0.717, 1.165) is 12.8 Å². The van der Waals surface area contributed by atoms with Gasteiger partial charge in [0.1, 0.15) is 0 Å². The summed E-state index contributed by atoms with van der Waals surface area (Å²) < 4.78 is 1.92. The Morgan fingerprint density at radius 2 is 0.977 bits per heavy atom. The molecule has 0 nitrogen and oxygen atoms in total. The van der Waals surface area contributed by atoms with E-state index in [2.05, 4.69) is 88.9 Å². The Morgan fingerprint density at radius 3 is 1.35 bits per heavy atom. The van der Waals surface area contributed by atoms with Crippen LogP contribution < -0.4 is 5.19 Å². The van der Waals surface area contributed by atoms with Crippen molar-refractivity contribution >= 4 is 13.3 Å². The van der Waals surface area contributed by atoms with Crippen LogP contribution in [0.5, 0.6) is 0 Å². The summed E-state index contributed by atoms with van der Waals surface area (Å²) in [5.74, 6) is 0. The predicted octanol–water partition coefficient (Wildman–Crippen LogP) is 14.0. The Balaban J connectivity index is 2.02. The zero-order chi connectivity index (χ0) is 32.1. The maximum atomic E-state index is 2.80. The molecule has 1 aliphatic rings. The minimum absolute atomic E-state index is 0.256. The number of unbranched alkanes of at least 4 members (excludes halogenated alkanes) is 15. The Kier molecular flexibility index (Phi) is 16.9. The van der Waals surface area contributed by atoms with Crippen molar-refractivity contribution in [3.63, 3.8) is 0 Å². The van der Waals surface area contributed by atoms with E-state index in [1.807, 2.05) is 3.88 Å². The van der Waals surface area contributed by atoms with E-state index in [1.54, 1.807) is 33.0 Å². The molecule has 0 amide bonds. The van der Waals surface area contributed by atoms with Crippen molar-refractivity contribution in [2.24, 2.45) is 0 Å². The third-order valence-electron chi connectivity index (χ3n) is 11.6. The first kappa shape index (κ1) is 38.8. The van der Waals surface area contributed by atoms with Gasteiger partial charge >= 0.3 is 219 Å². The molecule has 0 bridgehead atoms. The van der Waals surface area contributed by atoms with Crippen molar-refractivity contribution in [1.82, 2.24) is 0 Å². The molecule has 0 heterocycles. The van der Waals surface area contributed by atoms with Gasteiger partial charge in [-0.2, -0.15) is 0 Å². The molecule has 0 aliphatic heterocycles. The van der Waals surface area contributed by atoms with Crippen LogP contribution in [0.25, 0.3) is 0 Å². The van der Waals surface area contributed by atoms with Crippen LogP contribution in [0.4, 0.5) is 0 Å². The normalized spacial score (nSPS) is 19.0. The Bertz CT molecular complexity index is 1020. The van der Waals surface area contributed by atoms with Crippen LogP contribution >= 0.6 is 0 Å². The van der Waals surface area contributed by atoms with E-state index in [9.17, 15) is 0 Å². The average Bonchev–Trinajstić information content (AvgIpc) is 3.16. The van der Waals surface area contributed by atoms with Gasteiger partial charge in [-0.3, -0.25) is 0 Å². The average molecular weight is 643 g/mol. The Labute approximate surface area is 275 Å². The standard InChI is InChI=1S/C38H65Si.3CH3.Ti/c1-9-12-13-14-15-16-17-18-19-20-21-22-23-24-25-26-27-39(8,38(7)31-32(4)33(5)34(38)6)37-29-35(10-2)28-36(11-3)30-37;;;;/h28-30H,9-27H2,1-8H3;3*1H3;. The van der Waals surface area contributed by atoms with Crippen molar-refractivity contribution in [3.8, 4) is 0 Å². The van der Waals surface area contributed by atoms with E-state index in [0.29, 0.717) is 0 Å².